The largest absolute Gasteiger partial charge is 0.352 e. The Morgan fingerprint density at radius 1 is 1.03 bits per heavy atom. The number of hydrogen-bond donors (Lipinski definition) is 1. The van der Waals surface area contributed by atoms with Crippen LogP contribution in [0.1, 0.15) is 43.6 Å². The lowest BCUT2D eigenvalue weighted by Gasteiger charge is -2.32. The number of rotatable bonds is 10. The summed E-state index contributed by atoms with van der Waals surface area (Å²) in [6.45, 7) is 6.21. The first-order valence-corrected chi connectivity index (χ1v) is 13.4. The van der Waals surface area contributed by atoms with E-state index in [-0.39, 0.29) is 30.0 Å². The summed E-state index contributed by atoms with van der Waals surface area (Å²) < 4.78 is 27.0. The Morgan fingerprint density at radius 3 is 2.24 bits per heavy atom. The Balaban J connectivity index is 2.43. The molecule has 2 amide bonds. The highest BCUT2D eigenvalue weighted by atomic mass is 79.9. The maximum Gasteiger partial charge on any atom is 0.244 e. The topological polar surface area (TPSA) is 104 Å². The third-order valence-corrected chi connectivity index (χ3v) is 6.69. The molecular formula is C24H30BrN3O5S. The number of carbonyl (C=O) groups excluding carboxylic acids is 3. The molecule has 0 aliphatic heterocycles. The number of nitrogens with zero attached hydrogens (tertiary/aromatic N) is 2. The van der Waals surface area contributed by atoms with Crippen LogP contribution >= 0.6 is 15.9 Å². The number of nitrogens with one attached hydrogen (secondary N) is 1. The average molecular weight is 552 g/mol. The predicted molar refractivity (Wildman–Crippen MR) is 136 cm³/mol. The first kappa shape index (κ1) is 27.5. The van der Waals surface area contributed by atoms with Crippen LogP contribution in [0.4, 0.5) is 5.69 Å². The van der Waals surface area contributed by atoms with Crippen LogP contribution in [-0.4, -0.2) is 55.8 Å². The van der Waals surface area contributed by atoms with Crippen LogP contribution in [0, 0.1) is 0 Å². The van der Waals surface area contributed by atoms with Crippen LogP contribution in [0.25, 0.3) is 0 Å². The summed E-state index contributed by atoms with van der Waals surface area (Å²) >= 11 is 3.41. The van der Waals surface area contributed by atoms with E-state index in [1.54, 1.807) is 19.1 Å². The van der Waals surface area contributed by atoms with E-state index >= 15 is 0 Å². The van der Waals surface area contributed by atoms with Crippen LogP contribution in [0.15, 0.2) is 53.0 Å². The predicted octanol–water partition coefficient (Wildman–Crippen LogP) is 3.36. The van der Waals surface area contributed by atoms with Gasteiger partial charge in [-0.25, -0.2) is 8.42 Å². The molecule has 0 unspecified atom stereocenters. The molecule has 184 valence electrons. The van der Waals surface area contributed by atoms with Crippen molar-refractivity contribution in [2.75, 3.05) is 17.1 Å². The van der Waals surface area contributed by atoms with Crippen LogP contribution in [0.2, 0.25) is 0 Å². The zero-order valence-corrected chi connectivity index (χ0v) is 22.3. The molecule has 34 heavy (non-hydrogen) atoms. The standard InChI is InChI=1S/C24H30BrN3O5S/c1-16(2)26-24(31)17(3)27(14-19-8-6-10-21(25)12-19)23(30)15-28(34(5,32)33)22-11-7-9-20(13-22)18(4)29/h6-13,16-17H,14-15H2,1-5H3,(H,26,31)/t17-/m0/s1. The van der Waals surface area contributed by atoms with Gasteiger partial charge in [0.25, 0.3) is 0 Å². The second kappa shape index (κ2) is 11.6. The van der Waals surface area contributed by atoms with Crippen LogP contribution in [-0.2, 0) is 26.2 Å². The molecule has 0 bridgehead atoms. The van der Waals surface area contributed by atoms with Gasteiger partial charge in [-0.2, -0.15) is 0 Å². The Kier molecular flexibility index (Phi) is 9.40. The van der Waals surface area contributed by atoms with E-state index in [2.05, 4.69) is 21.2 Å². The fourth-order valence-electron chi connectivity index (χ4n) is 3.31. The molecule has 10 heteroatoms. The van der Waals surface area contributed by atoms with Crippen molar-refractivity contribution in [3.8, 4) is 0 Å². The van der Waals surface area contributed by atoms with E-state index in [0.29, 0.717) is 5.56 Å². The molecule has 0 aromatic heterocycles. The highest BCUT2D eigenvalue weighted by Gasteiger charge is 2.30. The Bertz CT molecular complexity index is 1170. The Labute approximate surface area is 209 Å². The van der Waals surface area contributed by atoms with E-state index in [0.717, 1.165) is 20.6 Å². The Morgan fingerprint density at radius 2 is 1.68 bits per heavy atom. The summed E-state index contributed by atoms with van der Waals surface area (Å²) in [7, 11) is -3.87. The number of ketones is 1. The molecule has 8 nitrogen and oxygen atoms in total. The summed E-state index contributed by atoms with van der Waals surface area (Å²) in [5.41, 5.74) is 1.30. The van der Waals surface area contributed by atoms with Gasteiger partial charge in [0.15, 0.2) is 5.78 Å². The zero-order valence-electron chi connectivity index (χ0n) is 19.9. The maximum absolute atomic E-state index is 13.5. The van der Waals surface area contributed by atoms with Crippen molar-refractivity contribution in [2.24, 2.45) is 0 Å². The molecule has 1 atom stereocenters. The van der Waals surface area contributed by atoms with Gasteiger partial charge in [-0.3, -0.25) is 18.7 Å². The SMILES string of the molecule is CC(=O)c1cccc(N(CC(=O)N(Cc2cccc(Br)c2)[C@@H](C)C(=O)NC(C)C)S(C)(=O)=O)c1. The summed E-state index contributed by atoms with van der Waals surface area (Å²) in [6, 6.07) is 12.4. The van der Waals surface area contributed by atoms with E-state index in [9.17, 15) is 22.8 Å². The van der Waals surface area contributed by atoms with Gasteiger partial charge in [0.1, 0.15) is 12.6 Å². The van der Waals surface area contributed by atoms with Gasteiger partial charge in [-0.05, 0) is 57.5 Å². The van der Waals surface area contributed by atoms with Crippen LogP contribution in [0.3, 0.4) is 0 Å². The first-order valence-electron chi connectivity index (χ1n) is 10.7. The molecule has 0 radical (unpaired) electrons. The number of benzene rings is 2. The van der Waals surface area contributed by atoms with Crippen molar-refractivity contribution in [3.63, 3.8) is 0 Å². The zero-order chi connectivity index (χ0) is 25.6. The average Bonchev–Trinajstić information content (AvgIpc) is 2.74. The number of Topliss-reactive ketones (excluding diaryl/α,β-unsaturated/α-hetero) is 1. The fourth-order valence-corrected chi connectivity index (χ4v) is 4.60. The molecule has 2 rings (SSSR count). The van der Waals surface area contributed by atoms with Gasteiger partial charge in [0.2, 0.25) is 21.8 Å². The van der Waals surface area contributed by atoms with Crippen LogP contribution < -0.4 is 9.62 Å². The van der Waals surface area contributed by atoms with E-state index < -0.39 is 28.5 Å². The molecular weight excluding hydrogens is 522 g/mol. The van der Waals surface area contributed by atoms with E-state index in [1.165, 1.54) is 24.0 Å². The van der Waals surface area contributed by atoms with Crippen molar-refractivity contribution < 1.29 is 22.8 Å². The first-order chi connectivity index (χ1) is 15.8. The van der Waals surface area contributed by atoms with Crippen molar-refractivity contribution in [2.45, 2.75) is 46.3 Å². The molecule has 2 aromatic rings. The number of sulfonamides is 1. The molecule has 0 spiro atoms. The quantitative estimate of drug-likeness (QED) is 0.456. The van der Waals surface area contributed by atoms with E-state index in [4.69, 9.17) is 0 Å². The minimum Gasteiger partial charge on any atom is -0.352 e. The Hall–Kier alpha value is -2.72. The van der Waals surface area contributed by atoms with Gasteiger partial charge in [-0.15, -0.1) is 0 Å². The summed E-state index contributed by atoms with van der Waals surface area (Å²) in [5.74, 6) is -1.12. The maximum atomic E-state index is 13.5. The summed E-state index contributed by atoms with van der Waals surface area (Å²) in [4.78, 5) is 39.4. The number of anilines is 1. The van der Waals surface area contributed by atoms with E-state index in [1.807, 2.05) is 38.1 Å². The minimum absolute atomic E-state index is 0.107. The monoisotopic (exact) mass is 551 g/mol. The number of amides is 2. The van der Waals surface area contributed by atoms with Crippen molar-refractivity contribution >= 4 is 49.2 Å². The number of hydrogen-bond acceptors (Lipinski definition) is 5. The lowest BCUT2D eigenvalue weighted by Crippen LogP contribution is -2.52. The lowest BCUT2D eigenvalue weighted by atomic mass is 10.1. The molecule has 0 saturated heterocycles. The molecule has 0 aliphatic carbocycles. The molecule has 1 N–H and O–H groups in total. The second-order valence-electron chi connectivity index (χ2n) is 8.37. The number of carbonyl (C=O) groups is 3. The third kappa shape index (κ3) is 7.66. The third-order valence-electron chi connectivity index (χ3n) is 5.06. The van der Waals surface area contributed by atoms with Crippen LogP contribution in [0.5, 0.6) is 0 Å². The summed E-state index contributed by atoms with van der Waals surface area (Å²) in [5, 5.41) is 2.80. The van der Waals surface area contributed by atoms with Crippen molar-refractivity contribution in [1.82, 2.24) is 10.2 Å². The molecule has 0 saturated carbocycles. The highest BCUT2D eigenvalue weighted by molar-refractivity contribution is 9.10. The lowest BCUT2D eigenvalue weighted by molar-refractivity contribution is -0.139. The van der Waals surface area contributed by atoms with Crippen molar-refractivity contribution in [3.05, 3.63) is 64.1 Å². The van der Waals surface area contributed by atoms with Gasteiger partial charge in [-0.1, -0.05) is 40.2 Å². The van der Waals surface area contributed by atoms with Gasteiger partial charge >= 0.3 is 0 Å². The van der Waals surface area contributed by atoms with Gasteiger partial charge in [0.05, 0.1) is 11.9 Å². The normalized spacial score (nSPS) is 12.2. The highest BCUT2D eigenvalue weighted by Crippen LogP contribution is 2.21. The summed E-state index contributed by atoms with van der Waals surface area (Å²) in [6.07, 6.45) is 0.994. The molecule has 2 aromatic carbocycles. The molecule has 0 aliphatic rings. The number of halogens is 1. The van der Waals surface area contributed by atoms with Crippen molar-refractivity contribution in [1.29, 1.82) is 0 Å². The smallest absolute Gasteiger partial charge is 0.244 e. The molecule has 0 fully saturated rings. The second-order valence-corrected chi connectivity index (χ2v) is 11.2. The fraction of sp³-hybridized carbons (Fsp3) is 0.375. The van der Waals surface area contributed by atoms with Gasteiger partial charge in [0, 0.05) is 22.6 Å². The minimum atomic E-state index is -3.87. The van der Waals surface area contributed by atoms with Gasteiger partial charge < -0.3 is 10.2 Å². The molecule has 0 heterocycles.